The third-order valence-electron chi connectivity index (χ3n) is 1.76. The minimum atomic E-state index is -0.283. The van der Waals surface area contributed by atoms with Gasteiger partial charge in [0.15, 0.2) is 0 Å². The van der Waals surface area contributed by atoms with Crippen LogP contribution in [0.1, 0.15) is 19.3 Å². The van der Waals surface area contributed by atoms with Crippen LogP contribution in [0, 0.1) is 0 Å². The molecule has 3 heteroatoms. The van der Waals surface area contributed by atoms with Crippen molar-refractivity contribution >= 4 is 5.97 Å². The van der Waals surface area contributed by atoms with E-state index in [1.165, 1.54) is 7.11 Å². The zero-order valence-corrected chi connectivity index (χ0v) is 7.29. The van der Waals surface area contributed by atoms with Crippen LogP contribution in [0.15, 0.2) is 12.2 Å². The van der Waals surface area contributed by atoms with E-state index in [0.29, 0.717) is 0 Å². The zero-order chi connectivity index (χ0) is 8.81. The van der Waals surface area contributed by atoms with E-state index < -0.39 is 0 Å². The minimum absolute atomic E-state index is 0.0265. The lowest BCUT2D eigenvalue weighted by molar-refractivity contribution is -0.151. The van der Waals surface area contributed by atoms with E-state index in [9.17, 15) is 4.79 Å². The van der Waals surface area contributed by atoms with Crippen LogP contribution in [0.5, 0.6) is 0 Å². The monoisotopic (exact) mass is 170 g/mol. The molecule has 0 heterocycles. The molecule has 0 saturated heterocycles. The van der Waals surface area contributed by atoms with Gasteiger partial charge in [0.25, 0.3) is 0 Å². The molecule has 12 heavy (non-hydrogen) atoms. The van der Waals surface area contributed by atoms with Crippen molar-refractivity contribution in [2.75, 3.05) is 13.7 Å². The van der Waals surface area contributed by atoms with Gasteiger partial charge in [-0.3, -0.25) is 0 Å². The Bertz CT molecular complexity index is 175. The summed E-state index contributed by atoms with van der Waals surface area (Å²) in [7, 11) is 1.48. The van der Waals surface area contributed by atoms with Gasteiger partial charge in [0.1, 0.15) is 12.7 Å². The largest absolute Gasteiger partial charge is 0.456 e. The lowest BCUT2D eigenvalue weighted by Crippen LogP contribution is -2.20. The molecular formula is C9H14O3. The second-order valence-corrected chi connectivity index (χ2v) is 2.82. The lowest BCUT2D eigenvalue weighted by atomic mass is 10.1. The molecule has 0 amide bonds. The zero-order valence-electron chi connectivity index (χ0n) is 7.29. The van der Waals surface area contributed by atoms with E-state index in [0.717, 1.165) is 19.3 Å². The summed E-state index contributed by atoms with van der Waals surface area (Å²) < 4.78 is 9.73. The van der Waals surface area contributed by atoms with Gasteiger partial charge in [-0.05, 0) is 25.3 Å². The summed E-state index contributed by atoms with van der Waals surface area (Å²) >= 11 is 0. The molecule has 0 radical (unpaired) electrons. The highest BCUT2D eigenvalue weighted by Crippen LogP contribution is 2.13. The summed E-state index contributed by atoms with van der Waals surface area (Å²) in [5, 5.41) is 0. The predicted molar refractivity (Wildman–Crippen MR) is 44.7 cm³/mol. The van der Waals surface area contributed by atoms with Gasteiger partial charge >= 0.3 is 5.97 Å². The first-order valence-corrected chi connectivity index (χ1v) is 4.18. The number of methoxy groups -OCH3 is 1. The normalized spacial score (nSPS) is 22.2. The fraction of sp³-hybridized carbons (Fsp3) is 0.667. The number of carbonyl (C=O) groups excluding carboxylic acids is 1. The third-order valence-corrected chi connectivity index (χ3v) is 1.76. The third kappa shape index (κ3) is 3.05. The van der Waals surface area contributed by atoms with Crippen LogP contribution in [0.2, 0.25) is 0 Å². The Morgan fingerprint density at radius 3 is 3.08 bits per heavy atom. The molecule has 0 aromatic carbocycles. The number of hydrogen-bond acceptors (Lipinski definition) is 3. The fourth-order valence-electron chi connectivity index (χ4n) is 1.20. The summed E-state index contributed by atoms with van der Waals surface area (Å²) in [6, 6.07) is 0. The second kappa shape index (κ2) is 4.93. The fourth-order valence-corrected chi connectivity index (χ4v) is 1.20. The molecular weight excluding hydrogens is 156 g/mol. The topological polar surface area (TPSA) is 35.5 Å². The first kappa shape index (κ1) is 9.26. The van der Waals surface area contributed by atoms with E-state index in [2.05, 4.69) is 4.74 Å². The van der Waals surface area contributed by atoms with Gasteiger partial charge in [0.05, 0.1) is 0 Å². The summed E-state index contributed by atoms with van der Waals surface area (Å²) in [5.74, 6) is -0.283. The number of esters is 1. The first-order chi connectivity index (χ1) is 5.83. The van der Waals surface area contributed by atoms with Gasteiger partial charge in [-0.2, -0.15) is 0 Å². The maximum atomic E-state index is 10.9. The number of ether oxygens (including phenoxy) is 2. The quantitative estimate of drug-likeness (QED) is 0.473. The SMILES string of the molecule is COCC(=O)OC1C=CCCC1. The van der Waals surface area contributed by atoms with Gasteiger partial charge in [-0.15, -0.1) is 0 Å². The van der Waals surface area contributed by atoms with E-state index in [1.807, 2.05) is 12.2 Å². The second-order valence-electron chi connectivity index (χ2n) is 2.82. The lowest BCUT2D eigenvalue weighted by Gasteiger charge is -2.16. The average molecular weight is 170 g/mol. The van der Waals surface area contributed by atoms with Crippen LogP contribution in [0.25, 0.3) is 0 Å². The molecule has 1 aliphatic rings. The smallest absolute Gasteiger partial charge is 0.332 e. The Labute approximate surface area is 72.4 Å². The van der Waals surface area contributed by atoms with Gasteiger partial charge in [0, 0.05) is 7.11 Å². The Hall–Kier alpha value is -0.830. The molecule has 0 N–H and O–H groups in total. The van der Waals surface area contributed by atoms with Gasteiger partial charge in [0.2, 0.25) is 0 Å². The maximum Gasteiger partial charge on any atom is 0.332 e. The molecule has 0 bridgehead atoms. The molecule has 1 aliphatic carbocycles. The van der Waals surface area contributed by atoms with Crippen molar-refractivity contribution in [2.24, 2.45) is 0 Å². The van der Waals surface area contributed by atoms with Crippen molar-refractivity contribution < 1.29 is 14.3 Å². The van der Waals surface area contributed by atoms with Crippen molar-refractivity contribution in [1.82, 2.24) is 0 Å². The molecule has 0 aromatic heterocycles. The average Bonchev–Trinajstić information content (AvgIpc) is 2.06. The number of allylic oxidation sites excluding steroid dienone is 1. The highest BCUT2D eigenvalue weighted by Gasteiger charge is 2.12. The van der Waals surface area contributed by atoms with Crippen molar-refractivity contribution in [3.05, 3.63) is 12.2 Å². The van der Waals surface area contributed by atoms with E-state index in [4.69, 9.17) is 4.74 Å². The molecule has 3 nitrogen and oxygen atoms in total. The summed E-state index contributed by atoms with van der Waals surface area (Å²) in [6.07, 6.45) is 7.10. The Morgan fingerprint density at radius 1 is 1.67 bits per heavy atom. The predicted octanol–water partition coefficient (Wildman–Crippen LogP) is 1.28. The van der Waals surface area contributed by atoms with E-state index >= 15 is 0 Å². The van der Waals surface area contributed by atoms with Gasteiger partial charge in [-0.1, -0.05) is 6.08 Å². The summed E-state index contributed by atoms with van der Waals surface area (Å²) in [4.78, 5) is 10.9. The standard InChI is InChI=1S/C9H14O3/c1-11-7-9(10)12-8-5-3-2-4-6-8/h3,5,8H,2,4,6-7H2,1H3. The molecule has 1 atom stereocenters. The number of rotatable bonds is 3. The van der Waals surface area contributed by atoms with Gasteiger partial charge in [-0.25, -0.2) is 4.79 Å². The summed E-state index contributed by atoms with van der Waals surface area (Å²) in [5.41, 5.74) is 0. The highest BCUT2D eigenvalue weighted by atomic mass is 16.6. The molecule has 0 aromatic rings. The van der Waals surface area contributed by atoms with E-state index in [1.54, 1.807) is 0 Å². The van der Waals surface area contributed by atoms with Crippen LogP contribution < -0.4 is 0 Å². The number of hydrogen-bond donors (Lipinski definition) is 0. The van der Waals surface area contributed by atoms with E-state index in [-0.39, 0.29) is 18.7 Å². The number of carbonyl (C=O) groups is 1. The van der Waals surface area contributed by atoms with Crippen molar-refractivity contribution in [1.29, 1.82) is 0 Å². The molecule has 1 unspecified atom stereocenters. The highest BCUT2D eigenvalue weighted by molar-refractivity contribution is 5.71. The Morgan fingerprint density at radius 2 is 2.50 bits per heavy atom. The summed E-state index contributed by atoms with van der Waals surface area (Å²) in [6.45, 7) is 0.0460. The molecule has 0 spiro atoms. The van der Waals surface area contributed by atoms with Crippen LogP contribution in [-0.4, -0.2) is 25.8 Å². The Balaban J connectivity index is 2.25. The van der Waals surface area contributed by atoms with Crippen molar-refractivity contribution in [3.8, 4) is 0 Å². The van der Waals surface area contributed by atoms with Crippen LogP contribution in [-0.2, 0) is 14.3 Å². The molecule has 0 aliphatic heterocycles. The Kier molecular flexibility index (Phi) is 3.80. The molecule has 68 valence electrons. The first-order valence-electron chi connectivity index (χ1n) is 4.18. The van der Waals surface area contributed by atoms with Gasteiger partial charge < -0.3 is 9.47 Å². The van der Waals surface area contributed by atoms with Crippen LogP contribution >= 0.6 is 0 Å². The molecule has 0 saturated carbocycles. The van der Waals surface area contributed by atoms with Crippen LogP contribution in [0.3, 0.4) is 0 Å². The van der Waals surface area contributed by atoms with Crippen molar-refractivity contribution in [3.63, 3.8) is 0 Å². The molecule has 0 fully saturated rings. The molecule has 1 rings (SSSR count). The minimum Gasteiger partial charge on any atom is -0.456 e. The maximum absolute atomic E-state index is 10.9. The van der Waals surface area contributed by atoms with Crippen molar-refractivity contribution in [2.45, 2.75) is 25.4 Å². The van der Waals surface area contributed by atoms with Crippen LogP contribution in [0.4, 0.5) is 0 Å².